The van der Waals surface area contributed by atoms with E-state index in [1.165, 1.54) is 25.0 Å². The molecule has 0 saturated carbocycles. The minimum Gasteiger partial charge on any atom is -0.502 e. The summed E-state index contributed by atoms with van der Waals surface area (Å²) in [6.07, 6.45) is 9.81. The Morgan fingerprint density at radius 2 is 0.650 bits per heavy atom. The van der Waals surface area contributed by atoms with Crippen molar-refractivity contribution in [3.8, 4) is 0 Å². The van der Waals surface area contributed by atoms with Gasteiger partial charge < -0.3 is 18.9 Å². The van der Waals surface area contributed by atoms with Crippen LogP contribution in [-0.4, -0.2) is 26.4 Å². The zero-order valence-corrected chi connectivity index (χ0v) is 12.4. The van der Waals surface area contributed by atoms with Crippen molar-refractivity contribution in [2.75, 3.05) is 26.4 Å². The van der Waals surface area contributed by atoms with Crippen LogP contribution in [0.1, 0.15) is 25.7 Å². The highest BCUT2D eigenvalue weighted by atomic mass is 16.5. The maximum absolute atomic E-state index is 4.90. The molecule has 0 aromatic heterocycles. The third kappa shape index (κ3) is 25.1. The molecular weight excluding hydrogens is 256 g/mol. The van der Waals surface area contributed by atoms with Gasteiger partial charge in [-0.15, -0.1) is 0 Å². The lowest BCUT2D eigenvalue weighted by molar-refractivity contribution is 0.206. The van der Waals surface area contributed by atoms with Gasteiger partial charge in [0.15, 0.2) is 0 Å². The summed E-state index contributed by atoms with van der Waals surface area (Å²) < 4.78 is 19.6. The Bertz CT molecular complexity index is 179. The van der Waals surface area contributed by atoms with Crippen LogP contribution in [0.25, 0.3) is 0 Å². The molecule has 0 fully saturated rings. The van der Waals surface area contributed by atoms with Crippen molar-refractivity contribution in [1.82, 2.24) is 0 Å². The Morgan fingerprint density at radius 3 is 0.800 bits per heavy atom. The Balaban J connectivity index is 0. The van der Waals surface area contributed by atoms with Gasteiger partial charge in [0.1, 0.15) is 0 Å². The van der Waals surface area contributed by atoms with Gasteiger partial charge in [0.2, 0.25) is 0 Å². The second-order valence-electron chi connectivity index (χ2n) is 3.56. The summed E-state index contributed by atoms with van der Waals surface area (Å²) >= 11 is 0. The first-order valence-electron chi connectivity index (χ1n) is 6.73. The standard InChI is InChI=1S/2C8H14O2/c2*1-3-9-7-5-6-8-10-4-2/h2*3-4H,1-2,5-8H2. The lowest BCUT2D eigenvalue weighted by Crippen LogP contribution is -1.91. The summed E-state index contributed by atoms with van der Waals surface area (Å²) in [5, 5.41) is 0. The van der Waals surface area contributed by atoms with E-state index >= 15 is 0 Å². The maximum Gasteiger partial charge on any atom is 0.0874 e. The molecule has 0 aromatic carbocycles. The minimum atomic E-state index is 0.726. The molecule has 4 nitrogen and oxygen atoms in total. The van der Waals surface area contributed by atoms with Crippen molar-refractivity contribution < 1.29 is 18.9 Å². The van der Waals surface area contributed by atoms with Gasteiger partial charge in [-0.2, -0.15) is 0 Å². The third-order valence-corrected chi connectivity index (χ3v) is 2.02. The SMILES string of the molecule is C=COCCCCOC=C.C=COCCCCOC=C. The fourth-order valence-corrected chi connectivity index (χ4v) is 1.07. The summed E-state index contributed by atoms with van der Waals surface area (Å²) in [5.74, 6) is 0. The quantitative estimate of drug-likeness (QED) is 0.354. The largest absolute Gasteiger partial charge is 0.502 e. The molecule has 20 heavy (non-hydrogen) atoms. The van der Waals surface area contributed by atoms with Crippen molar-refractivity contribution in [3.63, 3.8) is 0 Å². The summed E-state index contributed by atoms with van der Waals surface area (Å²) in [6, 6.07) is 0. The molecule has 0 saturated heterocycles. The molecule has 0 radical (unpaired) electrons. The molecule has 0 heterocycles. The van der Waals surface area contributed by atoms with E-state index < -0.39 is 0 Å². The summed E-state index contributed by atoms with van der Waals surface area (Å²) in [6.45, 7) is 16.6. The van der Waals surface area contributed by atoms with Crippen LogP contribution in [0.5, 0.6) is 0 Å². The maximum atomic E-state index is 4.90. The van der Waals surface area contributed by atoms with Crippen molar-refractivity contribution in [2.24, 2.45) is 0 Å². The summed E-state index contributed by atoms with van der Waals surface area (Å²) in [4.78, 5) is 0. The van der Waals surface area contributed by atoms with E-state index in [9.17, 15) is 0 Å². The van der Waals surface area contributed by atoms with Crippen LogP contribution >= 0.6 is 0 Å². The van der Waals surface area contributed by atoms with Crippen LogP contribution in [0.15, 0.2) is 51.4 Å². The van der Waals surface area contributed by atoms with Crippen LogP contribution in [0.3, 0.4) is 0 Å². The molecule has 116 valence electrons. The van der Waals surface area contributed by atoms with E-state index in [1.54, 1.807) is 0 Å². The Labute approximate surface area is 123 Å². The van der Waals surface area contributed by atoms with Crippen molar-refractivity contribution >= 4 is 0 Å². The van der Waals surface area contributed by atoms with Crippen LogP contribution in [0.2, 0.25) is 0 Å². The molecule has 0 aromatic rings. The van der Waals surface area contributed by atoms with Crippen molar-refractivity contribution in [2.45, 2.75) is 25.7 Å². The lowest BCUT2D eigenvalue weighted by Gasteiger charge is -1.99. The molecule has 0 N–H and O–H groups in total. The van der Waals surface area contributed by atoms with Crippen molar-refractivity contribution in [1.29, 1.82) is 0 Å². The average molecular weight is 284 g/mol. The smallest absolute Gasteiger partial charge is 0.0874 e. The first-order chi connectivity index (χ1) is 9.83. The highest BCUT2D eigenvalue weighted by Gasteiger charge is 1.86. The van der Waals surface area contributed by atoms with Gasteiger partial charge in [-0.25, -0.2) is 0 Å². The third-order valence-electron chi connectivity index (χ3n) is 2.02. The van der Waals surface area contributed by atoms with Gasteiger partial charge in [-0.1, -0.05) is 26.3 Å². The average Bonchev–Trinajstić information content (AvgIpc) is 2.47. The number of ether oxygens (including phenoxy) is 4. The number of hydrogen-bond donors (Lipinski definition) is 0. The highest BCUT2D eigenvalue weighted by Crippen LogP contribution is 1.91. The highest BCUT2D eigenvalue weighted by molar-refractivity contribution is 4.52. The monoisotopic (exact) mass is 284 g/mol. The van der Waals surface area contributed by atoms with E-state index in [2.05, 4.69) is 26.3 Å². The van der Waals surface area contributed by atoms with E-state index in [-0.39, 0.29) is 0 Å². The molecule has 0 unspecified atom stereocenters. The van der Waals surface area contributed by atoms with E-state index in [0.29, 0.717) is 0 Å². The molecule has 0 bridgehead atoms. The van der Waals surface area contributed by atoms with Gasteiger partial charge in [-0.05, 0) is 25.7 Å². The molecule has 0 aliphatic heterocycles. The van der Waals surface area contributed by atoms with Crippen LogP contribution in [0, 0.1) is 0 Å². The predicted molar refractivity (Wildman–Crippen MR) is 83.1 cm³/mol. The van der Waals surface area contributed by atoms with Gasteiger partial charge in [0.05, 0.1) is 51.5 Å². The number of rotatable bonds is 14. The first-order valence-corrected chi connectivity index (χ1v) is 6.73. The second kappa shape index (κ2) is 22.3. The van der Waals surface area contributed by atoms with Crippen molar-refractivity contribution in [3.05, 3.63) is 51.4 Å². The first kappa shape index (κ1) is 20.5. The lowest BCUT2D eigenvalue weighted by atomic mass is 10.3. The second-order valence-corrected chi connectivity index (χ2v) is 3.56. The number of hydrogen-bond acceptors (Lipinski definition) is 4. The van der Waals surface area contributed by atoms with E-state index in [0.717, 1.165) is 52.1 Å². The van der Waals surface area contributed by atoms with Gasteiger partial charge in [-0.3, -0.25) is 0 Å². The molecule has 0 rings (SSSR count). The zero-order chi connectivity index (χ0) is 15.3. The zero-order valence-electron chi connectivity index (χ0n) is 12.4. The predicted octanol–water partition coefficient (Wildman–Crippen LogP) is 4.17. The fourth-order valence-electron chi connectivity index (χ4n) is 1.07. The molecule has 0 aliphatic rings. The Hall–Kier alpha value is -1.84. The normalized spacial score (nSPS) is 8.40. The molecule has 0 amide bonds. The van der Waals surface area contributed by atoms with E-state index in [4.69, 9.17) is 18.9 Å². The van der Waals surface area contributed by atoms with Crippen LogP contribution in [0.4, 0.5) is 0 Å². The summed E-state index contributed by atoms with van der Waals surface area (Å²) in [7, 11) is 0. The van der Waals surface area contributed by atoms with Gasteiger partial charge >= 0.3 is 0 Å². The van der Waals surface area contributed by atoms with Crippen LogP contribution in [-0.2, 0) is 18.9 Å². The van der Waals surface area contributed by atoms with Crippen LogP contribution < -0.4 is 0 Å². The summed E-state index contributed by atoms with van der Waals surface area (Å²) in [5.41, 5.74) is 0. The van der Waals surface area contributed by atoms with Gasteiger partial charge in [0, 0.05) is 0 Å². The molecule has 0 aliphatic carbocycles. The molecule has 0 spiro atoms. The Morgan fingerprint density at radius 1 is 0.450 bits per heavy atom. The number of unbranched alkanes of at least 4 members (excludes halogenated alkanes) is 2. The van der Waals surface area contributed by atoms with Gasteiger partial charge in [0.25, 0.3) is 0 Å². The topological polar surface area (TPSA) is 36.9 Å². The minimum absolute atomic E-state index is 0.726. The molecule has 0 atom stereocenters. The van der Waals surface area contributed by atoms with E-state index in [1.807, 2.05) is 0 Å². The Kier molecular flexibility index (Phi) is 22.9. The molecular formula is C16H28O4. The molecule has 4 heteroatoms. The fraction of sp³-hybridized carbons (Fsp3) is 0.500.